The predicted molar refractivity (Wildman–Crippen MR) is 54.7 cm³/mol. The Labute approximate surface area is 80.1 Å². The Bertz CT molecular complexity index is 249. The molecular formula is C10H19N3. The molecule has 0 amide bonds. The standard InChI is InChI=1S/C10H19N3/c1-5-6-9-8(2)12-13(4)10(9)7-11-3/h11H,5-7H2,1-4H3. The molecule has 0 fully saturated rings. The molecule has 1 N–H and O–H groups in total. The minimum absolute atomic E-state index is 0.909. The van der Waals surface area contributed by atoms with E-state index in [2.05, 4.69) is 24.3 Å². The first-order valence-electron chi connectivity index (χ1n) is 4.86. The van der Waals surface area contributed by atoms with Crippen molar-refractivity contribution in [3.05, 3.63) is 17.0 Å². The summed E-state index contributed by atoms with van der Waals surface area (Å²) in [5.74, 6) is 0. The zero-order chi connectivity index (χ0) is 9.84. The van der Waals surface area contributed by atoms with Crippen LogP contribution in [0, 0.1) is 6.92 Å². The second-order valence-corrected chi connectivity index (χ2v) is 3.41. The van der Waals surface area contributed by atoms with E-state index in [1.165, 1.54) is 23.4 Å². The van der Waals surface area contributed by atoms with Crippen LogP contribution in [0.5, 0.6) is 0 Å². The summed E-state index contributed by atoms with van der Waals surface area (Å²) in [6.07, 6.45) is 2.32. The third-order valence-corrected chi connectivity index (χ3v) is 2.32. The molecule has 13 heavy (non-hydrogen) atoms. The highest BCUT2D eigenvalue weighted by Gasteiger charge is 2.10. The van der Waals surface area contributed by atoms with Gasteiger partial charge in [-0.1, -0.05) is 13.3 Å². The number of hydrogen-bond donors (Lipinski definition) is 1. The van der Waals surface area contributed by atoms with Crippen molar-refractivity contribution < 1.29 is 0 Å². The molecule has 1 aromatic heterocycles. The van der Waals surface area contributed by atoms with Crippen molar-refractivity contribution in [3.8, 4) is 0 Å². The maximum absolute atomic E-state index is 4.42. The molecule has 0 aromatic carbocycles. The predicted octanol–water partition coefficient (Wildman–Crippen LogP) is 1.40. The quantitative estimate of drug-likeness (QED) is 0.761. The molecule has 0 atom stereocenters. The fraction of sp³-hybridized carbons (Fsp3) is 0.700. The first-order chi connectivity index (χ1) is 6.20. The van der Waals surface area contributed by atoms with Gasteiger partial charge in [-0.2, -0.15) is 5.10 Å². The molecule has 0 saturated carbocycles. The summed E-state index contributed by atoms with van der Waals surface area (Å²) < 4.78 is 1.98. The van der Waals surface area contributed by atoms with E-state index in [-0.39, 0.29) is 0 Å². The van der Waals surface area contributed by atoms with Crippen LogP contribution in [0.2, 0.25) is 0 Å². The van der Waals surface area contributed by atoms with Crippen LogP contribution in [0.25, 0.3) is 0 Å². The van der Waals surface area contributed by atoms with Gasteiger partial charge in [0, 0.05) is 13.6 Å². The maximum Gasteiger partial charge on any atom is 0.0628 e. The lowest BCUT2D eigenvalue weighted by Gasteiger charge is -2.04. The van der Waals surface area contributed by atoms with Gasteiger partial charge in [0.1, 0.15) is 0 Å². The van der Waals surface area contributed by atoms with Gasteiger partial charge < -0.3 is 5.32 Å². The van der Waals surface area contributed by atoms with Crippen molar-refractivity contribution in [1.82, 2.24) is 15.1 Å². The number of aryl methyl sites for hydroxylation is 2. The van der Waals surface area contributed by atoms with Crippen LogP contribution in [-0.4, -0.2) is 16.8 Å². The van der Waals surface area contributed by atoms with E-state index in [1.54, 1.807) is 0 Å². The van der Waals surface area contributed by atoms with Crippen molar-refractivity contribution in [1.29, 1.82) is 0 Å². The molecule has 0 radical (unpaired) electrons. The van der Waals surface area contributed by atoms with E-state index in [1.807, 2.05) is 18.8 Å². The second kappa shape index (κ2) is 4.42. The van der Waals surface area contributed by atoms with E-state index in [4.69, 9.17) is 0 Å². The fourth-order valence-corrected chi connectivity index (χ4v) is 1.71. The highest BCUT2D eigenvalue weighted by molar-refractivity contribution is 5.25. The van der Waals surface area contributed by atoms with Crippen LogP contribution >= 0.6 is 0 Å². The molecule has 0 aliphatic carbocycles. The van der Waals surface area contributed by atoms with Crippen molar-refractivity contribution in [3.63, 3.8) is 0 Å². The van der Waals surface area contributed by atoms with Gasteiger partial charge in [0.05, 0.1) is 11.4 Å². The lowest BCUT2D eigenvalue weighted by molar-refractivity contribution is 0.663. The number of aromatic nitrogens is 2. The van der Waals surface area contributed by atoms with Gasteiger partial charge in [0.2, 0.25) is 0 Å². The molecule has 3 nitrogen and oxygen atoms in total. The molecule has 74 valence electrons. The largest absolute Gasteiger partial charge is 0.314 e. The minimum atomic E-state index is 0.909. The zero-order valence-electron chi connectivity index (χ0n) is 9.02. The first-order valence-corrected chi connectivity index (χ1v) is 4.86. The summed E-state index contributed by atoms with van der Waals surface area (Å²) in [4.78, 5) is 0. The third kappa shape index (κ3) is 2.10. The van der Waals surface area contributed by atoms with Crippen LogP contribution < -0.4 is 5.32 Å². The first kappa shape index (κ1) is 10.3. The van der Waals surface area contributed by atoms with Crippen molar-refractivity contribution >= 4 is 0 Å². The van der Waals surface area contributed by atoms with Crippen LogP contribution in [0.15, 0.2) is 0 Å². The minimum Gasteiger partial charge on any atom is -0.314 e. The molecule has 0 aliphatic heterocycles. The SMILES string of the molecule is CCCc1c(C)nn(C)c1CNC. The Hall–Kier alpha value is -0.830. The summed E-state index contributed by atoms with van der Waals surface area (Å²) in [7, 11) is 3.98. The van der Waals surface area contributed by atoms with Crippen molar-refractivity contribution in [2.75, 3.05) is 7.05 Å². The topological polar surface area (TPSA) is 29.9 Å². The molecule has 0 aliphatic rings. The summed E-state index contributed by atoms with van der Waals surface area (Å²) >= 11 is 0. The van der Waals surface area contributed by atoms with Gasteiger partial charge in [-0.25, -0.2) is 0 Å². The monoisotopic (exact) mass is 181 g/mol. The Balaban J connectivity index is 2.98. The fourth-order valence-electron chi connectivity index (χ4n) is 1.71. The molecular weight excluding hydrogens is 162 g/mol. The Morgan fingerprint density at radius 3 is 2.69 bits per heavy atom. The van der Waals surface area contributed by atoms with E-state index in [9.17, 15) is 0 Å². The zero-order valence-corrected chi connectivity index (χ0v) is 9.02. The van der Waals surface area contributed by atoms with Crippen LogP contribution in [-0.2, 0) is 20.0 Å². The number of hydrogen-bond acceptors (Lipinski definition) is 2. The molecule has 0 spiro atoms. The maximum atomic E-state index is 4.42. The molecule has 0 unspecified atom stereocenters. The highest BCUT2D eigenvalue weighted by atomic mass is 15.3. The summed E-state index contributed by atoms with van der Waals surface area (Å²) in [5, 5.41) is 7.60. The molecule has 0 bridgehead atoms. The van der Waals surface area contributed by atoms with Crippen LogP contribution in [0.4, 0.5) is 0 Å². The summed E-state index contributed by atoms with van der Waals surface area (Å²) in [6.45, 7) is 5.20. The second-order valence-electron chi connectivity index (χ2n) is 3.41. The van der Waals surface area contributed by atoms with Gasteiger partial charge >= 0.3 is 0 Å². The molecule has 0 saturated heterocycles. The van der Waals surface area contributed by atoms with E-state index >= 15 is 0 Å². The number of rotatable bonds is 4. The van der Waals surface area contributed by atoms with Crippen LogP contribution in [0.3, 0.4) is 0 Å². The smallest absolute Gasteiger partial charge is 0.0628 e. The molecule has 3 heteroatoms. The number of nitrogens with one attached hydrogen (secondary N) is 1. The van der Waals surface area contributed by atoms with Gasteiger partial charge in [0.25, 0.3) is 0 Å². The average Bonchev–Trinajstić information content (AvgIpc) is 2.33. The van der Waals surface area contributed by atoms with Gasteiger partial charge in [-0.05, 0) is 26.0 Å². The summed E-state index contributed by atoms with van der Waals surface area (Å²) in [6, 6.07) is 0. The number of nitrogens with zero attached hydrogens (tertiary/aromatic N) is 2. The Morgan fingerprint density at radius 2 is 2.15 bits per heavy atom. The normalized spacial score (nSPS) is 10.8. The van der Waals surface area contributed by atoms with Gasteiger partial charge in [0.15, 0.2) is 0 Å². The Morgan fingerprint density at radius 1 is 1.46 bits per heavy atom. The van der Waals surface area contributed by atoms with Gasteiger partial charge in [-0.15, -0.1) is 0 Å². The van der Waals surface area contributed by atoms with Gasteiger partial charge in [-0.3, -0.25) is 4.68 Å². The van der Waals surface area contributed by atoms with Crippen molar-refractivity contribution in [2.45, 2.75) is 33.2 Å². The molecule has 1 heterocycles. The van der Waals surface area contributed by atoms with E-state index in [0.29, 0.717) is 0 Å². The highest BCUT2D eigenvalue weighted by Crippen LogP contribution is 2.14. The third-order valence-electron chi connectivity index (χ3n) is 2.32. The lowest BCUT2D eigenvalue weighted by atomic mass is 10.1. The summed E-state index contributed by atoms with van der Waals surface area (Å²) in [5.41, 5.74) is 3.91. The molecule has 1 aromatic rings. The van der Waals surface area contributed by atoms with Crippen LogP contribution in [0.1, 0.15) is 30.3 Å². The Kier molecular flexibility index (Phi) is 3.48. The average molecular weight is 181 g/mol. The lowest BCUT2D eigenvalue weighted by Crippen LogP contribution is -2.11. The van der Waals surface area contributed by atoms with Crippen molar-refractivity contribution in [2.24, 2.45) is 7.05 Å². The van der Waals surface area contributed by atoms with E-state index in [0.717, 1.165) is 13.0 Å². The molecule has 1 rings (SSSR count). The van der Waals surface area contributed by atoms with E-state index < -0.39 is 0 Å².